The molecule has 0 fully saturated rings. The molecule has 2 rings (SSSR count). The topological polar surface area (TPSA) is 64.4 Å². The third kappa shape index (κ3) is 4.48. The minimum absolute atomic E-state index is 0.0326. The quantitative estimate of drug-likeness (QED) is 0.645. The molecule has 0 bridgehead atoms. The second-order valence-corrected chi connectivity index (χ2v) is 6.19. The van der Waals surface area contributed by atoms with Crippen LogP contribution in [-0.2, 0) is 0 Å². The predicted octanol–water partition coefficient (Wildman–Crippen LogP) is 4.65. The summed E-state index contributed by atoms with van der Waals surface area (Å²) in [5.74, 6) is 1.22. The molecule has 0 atom stereocenters. The lowest BCUT2D eigenvalue weighted by molar-refractivity contribution is -0.384. The first-order chi connectivity index (χ1) is 10.3. The number of nitrogens with zero attached hydrogens (tertiary/aromatic N) is 1. The van der Waals surface area contributed by atoms with Crippen molar-refractivity contribution in [2.45, 2.75) is 20.8 Å². The SMILES string of the molecule is CC(C)(C)CNc1cc([N+](=O)[O-])ccc1Oc1cc[c]cc1. The first-order valence-corrected chi connectivity index (χ1v) is 7.01. The van der Waals surface area contributed by atoms with Gasteiger partial charge in [-0.1, -0.05) is 32.9 Å². The summed E-state index contributed by atoms with van der Waals surface area (Å²) in [5, 5.41) is 14.2. The van der Waals surface area contributed by atoms with Crippen LogP contribution in [0, 0.1) is 21.6 Å². The Bertz CT molecular complexity index is 649. The molecule has 22 heavy (non-hydrogen) atoms. The highest BCUT2D eigenvalue weighted by Gasteiger charge is 2.15. The summed E-state index contributed by atoms with van der Waals surface area (Å²) < 4.78 is 5.80. The molecular formula is C17H19N2O3. The molecule has 0 amide bonds. The second kappa shape index (κ2) is 6.47. The van der Waals surface area contributed by atoms with Crippen LogP contribution in [0.1, 0.15) is 20.8 Å². The van der Waals surface area contributed by atoms with Crippen molar-refractivity contribution in [3.63, 3.8) is 0 Å². The standard InChI is InChI=1S/C17H19N2O3/c1-17(2,3)12-18-15-11-13(19(20)21)9-10-16(15)22-14-7-5-4-6-8-14/h5-11,18H,12H2,1-3H3. The van der Waals surface area contributed by atoms with Crippen molar-refractivity contribution >= 4 is 11.4 Å². The Morgan fingerprint density at radius 2 is 1.91 bits per heavy atom. The normalized spacial score (nSPS) is 11.0. The average Bonchev–Trinajstić information content (AvgIpc) is 2.46. The van der Waals surface area contributed by atoms with Gasteiger partial charge in [0.15, 0.2) is 5.75 Å². The molecule has 2 aromatic carbocycles. The molecule has 2 aromatic rings. The summed E-state index contributed by atoms with van der Waals surface area (Å²) in [6, 6.07) is 14.5. The number of hydrogen-bond acceptors (Lipinski definition) is 4. The smallest absolute Gasteiger partial charge is 0.271 e. The Hall–Kier alpha value is -2.56. The van der Waals surface area contributed by atoms with E-state index in [2.05, 4.69) is 32.2 Å². The molecular weight excluding hydrogens is 280 g/mol. The summed E-state index contributed by atoms with van der Waals surface area (Å²) >= 11 is 0. The molecule has 0 aliphatic carbocycles. The van der Waals surface area contributed by atoms with Crippen molar-refractivity contribution in [1.82, 2.24) is 0 Å². The van der Waals surface area contributed by atoms with E-state index in [4.69, 9.17) is 4.74 Å². The Balaban J connectivity index is 2.29. The number of non-ortho nitro benzene ring substituents is 1. The summed E-state index contributed by atoms with van der Waals surface area (Å²) in [6.45, 7) is 6.94. The molecule has 0 aliphatic heterocycles. The van der Waals surface area contributed by atoms with Gasteiger partial charge in [-0.3, -0.25) is 10.1 Å². The van der Waals surface area contributed by atoms with Crippen LogP contribution in [0.15, 0.2) is 42.5 Å². The number of nitrogens with one attached hydrogen (secondary N) is 1. The minimum atomic E-state index is -0.413. The van der Waals surface area contributed by atoms with Crippen molar-refractivity contribution in [3.05, 3.63) is 58.6 Å². The zero-order chi connectivity index (χ0) is 16.2. The van der Waals surface area contributed by atoms with Crippen LogP contribution in [0.4, 0.5) is 11.4 Å². The van der Waals surface area contributed by atoms with Gasteiger partial charge >= 0.3 is 0 Å². The maximum absolute atomic E-state index is 11.0. The maximum Gasteiger partial charge on any atom is 0.271 e. The van der Waals surface area contributed by atoms with E-state index in [1.807, 2.05) is 0 Å². The van der Waals surface area contributed by atoms with Crippen molar-refractivity contribution in [2.75, 3.05) is 11.9 Å². The van der Waals surface area contributed by atoms with Gasteiger partial charge in [-0.05, 0) is 29.7 Å². The monoisotopic (exact) mass is 299 g/mol. The molecule has 1 radical (unpaired) electrons. The molecule has 1 N–H and O–H groups in total. The molecule has 0 spiro atoms. The molecule has 0 saturated heterocycles. The Morgan fingerprint density at radius 1 is 1.23 bits per heavy atom. The van der Waals surface area contributed by atoms with Crippen LogP contribution in [0.25, 0.3) is 0 Å². The number of hydrogen-bond donors (Lipinski definition) is 1. The summed E-state index contributed by atoms with van der Waals surface area (Å²) in [7, 11) is 0. The molecule has 115 valence electrons. The highest BCUT2D eigenvalue weighted by atomic mass is 16.6. The van der Waals surface area contributed by atoms with Crippen molar-refractivity contribution < 1.29 is 9.66 Å². The van der Waals surface area contributed by atoms with Gasteiger partial charge in [0.25, 0.3) is 5.69 Å². The average molecular weight is 299 g/mol. The van der Waals surface area contributed by atoms with Crippen LogP contribution in [0.5, 0.6) is 11.5 Å². The lowest BCUT2D eigenvalue weighted by Gasteiger charge is -2.21. The number of rotatable bonds is 5. The highest BCUT2D eigenvalue weighted by molar-refractivity contribution is 5.62. The second-order valence-electron chi connectivity index (χ2n) is 6.19. The number of ether oxygens (including phenoxy) is 1. The van der Waals surface area contributed by atoms with Gasteiger partial charge in [-0.25, -0.2) is 0 Å². The number of benzene rings is 2. The van der Waals surface area contributed by atoms with Gasteiger partial charge in [0.05, 0.1) is 10.6 Å². The van der Waals surface area contributed by atoms with Crippen LogP contribution in [0.3, 0.4) is 0 Å². The third-order valence-corrected chi connectivity index (χ3v) is 2.90. The molecule has 0 saturated carbocycles. The molecule has 5 nitrogen and oxygen atoms in total. The maximum atomic E-state index is 11.0. The van der Waals surface area contributed by atoms with Gasteiger partial charge in [0.1, 0.15) is 5.75 Å². The predicted molar refractivity (Wildman–Crippen MR) is 86.4 cm³/mol. The molecule has 5 heteroatoms. The number of nitro benzene ring substituents is 1. The zero-order valence-electron chi connectivity index (χ0n) is 12.9. The molecule has 0 unspecified atom stereocenters. The van der Waals surface area contributed by atoms with Crippen molar-refractivity contribution in [3.8, 4) is 11.5 Å². The van der Waals surface area contributed by atoms with Crippen LogP contribution in [0.2, 0.25) is 0 Å². The zero-order valence-corrected chi connectivity index (χ0v) is 12.9. The van der Waals surface area contributed by atoms with E-state index in [1.165, 1.54) is 12.1 Å². The first-order valence-electron chi connectivity index (χ1n) is 7.01. The molecule has 0 aliphatic rings. The highest BCUT2D eigenvalue weighted by Crippen LogP contribution is 2.33. The van der Waals surface area contributed by atoms with E-state index in [9.17, 15) is 10.1 Å². The van der Waals surface area contributed by atoms with Crippen molar-refractivity contribution in [1.29, 1.82) is 0 Å². The van der Waals surface area contributed by atoms with E-state index in [0.717, 1.165) is 0 Å². The number of anilines is 1. The van der Waals surface area contributed by atoms with E-state index in [0.29, 0.717) is 23.7 Å². The molecule has 0 heterocycles. The van der Waals surface area contributed by atoms with Gasteiger partial charge in [-0.2, -0.15) is 0 Å². The van der Waals surface area contributed by atoms with E-state index in [-0.39, 0.29) is 11.1 Å². The lowest BCUT2D eigenvalue weighted by Crippen LogP contribution is -2.19. The Morgan fingerprint density at radius 3 is 2.50 bits per heavy atom. The van der Waals surface area contributed by atoms with E-state index >= 15 is 0 Å². The fourth-order valence-electron chi connectivity index (χ4n) is 1.79. The summed E-state index contributed by atoms with van der Waals surface area (Å²) in [5.41, 5.74) is 0.686. The van der Waals surface area contributed by atoms with Crippen LogP contribution in [-0.4, -0.2) is 11.5 Å². The van der Waals surface area contributed by atoms with Crippen LogP contribution >= 0.6 is 0 Å². The van der Waals surface area contributed by atoms with Crippen molar-refractivity contribution in [2.24, 2.45) is 5.41 Å². The summed E-state index contributed by atoms with van der Waals surface area (Å²) in [4.78, 5) is 10.5. The molecule has 0 aromatic heterocycles. The lowest BCUT2D eigenvalue weighted by atomic mass is 9.97. The fraction of sp³-hybridized carbons (Fsp3) is 0.294. The first kappa shape index (κ1) is 15.8. The Kier molecular flexibility index (Phi) is 4.65. The number of nitro groups is 1. The summed E-state index contributed by atoms with van der Waals surface area (Å²) in [6.07, 6.45) is 0. The van der Waals surface area contributed by atoms with Gasteiger partial charge in [0, 0.05) is 18.7 Å². The van der Waals surface area contributed by atoms with Gasteiger partial charge in [-0.15, -0.1) is 0 Å². The van der Waals surface area contributed by atoms with E-state index < -0.39 is 4.92 Å². The fourth-order valence-corrected chi connectivity index (χ4v) is 1.79. The largest absolute Gasteiger partial charge is 0.455 e. The van der Waals surface area contributed by atoms with E-state index in [1.54, 1.807) is 30.3 Å². The third-order valence-electron chi connectivity index (χ3n) is 2.90. The minimum Gasteiger partial charge on any atom is -0.455 e. The van der Waals surface area contributed by atoms with Crippen LogP contribution < -0.4 is 10.1 Å². The van der Waals surface area contributed by atoms with Gasteiger partial charge < -0.3 is 10.1 Å². The van der Waals surface area contributed by atoms with Gasteiger partial charge in [0.2, 0.25) is 0 Å². The Labute approximate surface area is 130 Å².